The average Bonchev–Trinajstić information content (AvgIpc) is 2.57. The van der Waals surface area contributed by atoms with Gasteiger partial charge >= 0.3 is 5.97 Å². The maximum absolute atomic E-state index is 10.4. The molecule has 1 aromatic carbocycles. The van der Waals surface area contributed by atoms with Crippen molar-refractivity contribution in [2.24, 2.45) is 0 Å². The first-order valence-electron chi connectivity index (χ1n) is 4.77. The molecule has 1 aromatic rings. The van der Waals surface area contributed by atoms with Gasteiger partial charge < -0.3 is 10.4 Å². The molecule has 0 saturated heterocycles. The SMILES string of the molecule is O=C(O)CNC1Cc2ccccc2C1. The van der Waals surface area contributed by atoms with Crippen LogP contribution in [-0.2, 0) is 17.6 Å². The van der Waals surface area contributed by atoms with E-state index in [1.807, 2.05) is 12.1 Å². The van der Waals surface area contributed by atoms with Crippen LogP contribution < -0.4 is 5.32 Å². The molecule has 0 aliphatic heterocycles. The van der Waals surface area contributed by atoms with Crippen molar-refractivity contribution < 1.29 is 9.90 Å². The predicted molar refractivity (Wildman–Crippen MR) is 53.3 cm³/mol. The zero-order valence-corrected chi connectivity index (χ0v) is 7.86. The highest BCUT2D eigenvalue weighted by molar-refractivity contribution is 5.69. The summed E-state index contributed by atoms with van der Waals surface area (Å²) in [6.45, 7) is 0.0542. The standard InChI is InChI=1S/C11H13NO2/c13-11(14)7-12-10-5-8-3-1-2-4-9(8)6-10/h1-4,10,12H,5-7H2,(H,13,14). The minimum atomic E-state index is -0.791. The summed E-state index contributed by atoms with van der Waals surface area (Å²) in [7, 11) is 0. The summed E-state index contributed by atoms with van der Waals surface area (Å²) in [6, 6.07) is 8.57. The lowest BCUT2D eigenvalue weighted by Crippen LogP contribution is -2.33. The van der Waals surface area contributed by atoms with Crippen molar-refractivity contribution >= 4 is 5.97 Å². The molecule has 0 fully saturated rings. The Morgan fingerprint density at radius 3 is 2.43 bits per heavy atom. The topological polar surface area (TPSA) is 49.3 Å². The van der Waals surface area contributed by atoms with E-state index in [2.05, 4.69) is 17.4 Å². The third-order valence-electron chi connectivity index (χ3n) is 2.59. The van der Waals surface area contributed by atoms with Gasteiger partial charge in [0.05, 0.1) is 6.54 Å². The molecule has 0 amide bonds. The van der Waals surface area contributed by atoms with Crippen LogP contribution in [0.1, 0.15) is 11.1 Å². The van der Waals surface area contributed by atoms with Crippen molar-refractivity contribution in [3.05, 3.63) is 35.4 Å². The molecule has 14 heavy (non-hydrogen) atoms. The first-order chi connectivity index (χ1) is 6.75. The maximum Gasteiger partial charge on any atom is 0.317 e. The number of rotatable bonds is 3. The van der Waals surface area contributed by atoms with Gasteiger partial charge in [-0.2, -0.15) is 0 Å². The molecule has 0 radical (unpaired) electrons. The third kappa shape index (κ3) is 1.93. The smallest absolute Gasteiger partial charge is 0.317 e. The van der Waals surface area contributed by atoms with Crippen molar-refractivity contribution in [2.75, 3.05) is 6.54 Å². The van der Waals surface area contributed by atoms with Gasteiger partial charge in [-0.25, -0.2) is 0 Å². The summed E-state index contributed by atoms with van der Waals surface area (Å²) in [6.07, 6.45) is 1.90. The van der Waals surface area contributed by atoms with Gasteiger partial charge in [-0.1, -0.05) is 24.3 Å². The van der Waals surface area contributed by atoms with Crippen molar-refractivity contribution in [3.8, 4) is 0 Å². The van der Waals surface area contributed by atoms with Crippen LogP contribution in [0.15, 0.2) is 24.3 Å². The molecule has 74 valence electrons. The van der Waals surface area contributed by atoms with E-state index < -0.39 is 5.97 Å². The number of aliphatic carboxylic acids is 1. The monoisotopic (exact) mass is 191 g/mol. The van der Waals surface area contributed by atoms with E-state index in [9.17, 15) is 4.79 Å². The molecule has 0 saturated carbocycles. The maximum atomic E-state index is 10.4. The van der Waals surface area contributed by atoms with Gasteiger partial charge in [-0.3, -0.25) is 4.79 Å². The Bertz CT molecular complexity index is 324. The highest BCUT2D eigenvalue weighted by Crippen LogP contribution is 2.21. The zero-order valence-electron chi connectivity index (χ0n) is 7.86. The van der Waals surface area contributed by atoms with Crippen LogP contribution in [0, 0.1) is 0 Å². The Balaban J connectivity index is 1.95. The molecule has 2 rings (SSSR count). The molecule has 0 atom stereocenters. The highest BCUT2D eigenvalue weighted by atomic mass is 16.4. The molecular weight excluding hydrogens is 178 g/mol. The van der Waals surface area contributed by atoms with Gasteiger partial charge in [-0.05, 0) is 24.0 Å². The molecule has 0 unspecified atom stereocenters. The summed E-state index contributed by atoms with van der Waals surface area (Å²) < 4.78 is 0. The second kappa shape index (κ2) is 3.80. The lowest BCUT2D eigenvalue weighted by molar-refractivity contribution is -0.136. The van der Waals surface area contributed by atoms with Crippen LogP contribution in [0.3, 0.4) is 0 Å². The van der Waals surface area contributed by atoms with E-state index in [4.69, 9.17) is 5.11 Å². The normalized spacial score (nSPS) is 15.4. The molecule has 1 aliphatic carbocycles. The minimum absolute atomic E-state index is 0.0542. The molecule has 3 nitrogen and oxygen atoms in total. The zero-order chi connectivity index (χ0) is 9.97. The second-order valence-corrected chi connectivity index (χ2v) is 3.65. The van der Waals surface area contributed by atoms with Gasteiger partial charge in [0.25, 0.3) is 0 Å². The Labute approximate surface area is 82.8 Å². The molecule has 0 bridgehead atoms. The summed E-state index contributed by atoms with van der Waals surface area (Å²) in [4.78, 5) is 10.4. The van der Waals surface area contributed by atoms with Crippen LogP contribution in [-0.4, -0.2) is 23.7 Å². The van der Waals surface area contributed by atoms with Crippen molar-refractivity contribution in [2.45, 2.75) is 18.9 Å². The fourth-order valence-electron chi connectivity index (χ4n) is 1.93. The molecule has 0 heterocycles. The highest BCUT2D eigenvalue weighted by Gasteiger charge is 2.20. The van der Waals surface area contributed by atoms with Gasteiger partial charge in [0, 0.05) is 6.04 Å². The summed E-state index contributed by atoms with van der Waals surface area (Å²) in [5, 5.41) is 11.6. The molecule has 1 aliphatic rings. The summed E-state index contributed by atoms with van der Waals surface area (Å²) in [5.41, 5.74) is 2.69. The Morgan fingerprint density at radius 2 is 1.93 bits per heavy atom. The number of hydrogen-bond acceptors (Lipinski definition) is 2. The summed E-state index contributed by atoms with van der Waals surface area (Å²) in [5.74, 6) is -0.791. The van der Waals surface area contributed by atoms with Gasteiger partial charge in [0.2, 0.25) is 0 Å². The number of hydrogen-bond donors (Lipinski definition) is 2. The van der Waals surface area contributed by atoms with Gasteiger partial charge in [0.1, 0.15) is 0 Å². The van der Waals surface area contributed by atoms with Crippen LogP contribution >= 0.6 is 0 Å². The van der Waals surface area contributed by atoms with Gasteiger partial charge in [-0.15, -0.1) is 0 Å². The average molecular weight is 191 g/mol. The van der Waals surface area contributed by atoms with E-state index in [1.165, 1.54) is 11.1 Å². The van der Waals surface area contributed by atoms with Crippen molar-refractivity contribution in [1.29, 1.82) is 0 Å². The second-order valence-electron chi connectivity index (χ2n) is 3.65. The largest absolute Gasteiger partial charge is 0.480 e. The van der Waals surface area contributed by atoms with Crippen LogP contribution in [0.2, 0.25) is 0 Å². The fraction of sp³-hybridized carbons (Fsp3) is 0.364. The van der Waals surface area contributed by atoms with Crippen molar-refractivity contribution in [1.82, 2.24) is 5.32 Å². The Kier molecular flexibility index (Phi) is 2.50. The lowest BCUT2D eigenvalue weighted by Gasteiger charge is -2.08. The number of carbonyl (C=O) groups is 1. The molecule has 0 aromatic heterocycles. The summed E-state index contributed by atoms with van der Waals surface area (Å²) >= 11 is 0. The quantitative estimate of drug-likeness (QED) is 0.744. The fourth-order valence-corrected chi connectivity index (χ4v) is 1.93. The van der Waals surface area contributed by atoms with Crippen molar-refractivity contribution in [3.63, 3.8) is 0 Å². The molecule has 0 spiro atoms. The molecule has 3 heteroatoms. The number of carboxylic acids is 1. The molecular formula is C11H13NO2. The van der Waals surface area contributed by atoms with Gasteiger partial charge in [0.15, 0.2) is 0 Å². The predicted octanol–water partition coefficient (Wildman–Crippen LogP) is 0.828. The number of benzene rings is 1. The third-order valence-corrected chi connectivity index (χ3v) is 2.59. The number of nitrogens with one attached hydrogen (secondary N) is 1. The Hall–Kier alpha value is -1.35. The number of carboxylic acid groups (broad SMARTS) is 1. The Morgan fingerprint density at radius 1 is 1.36 bits per heavy atom. The van der Waals surface area contributed by atoms with Crippen LogP contribution in [0.5, 0.6) is 0 Å². The number of fused-ring (bicyclic) bond motifs is 1. The van der Waals surface area contributed by atoms with E-state index in [0.29, 0.717) is 6.04 Å². The van der Waals surface area contributed by atoms with E-state index in [-0.39, 0.29) is 6.54 Å². The molecule has 2 N–H and O–H groups in total. The van der Waals surface area contributed by atoms with E-state index in [0.717, 1.165) is 12.8 Å². The van der Waals surface area contributed by atoms with Crippen LogP contribution in [0.25, 0.3) is 0 Å². The lowest BCUT2D eigenvalue weighted by atomic mass is 10.1. The first-order valence-corrected chi connectivity index (χ1v) is 4.77. The minimum Gasteiger partial charge on any atom is -0.480 e. The van der Waals surface area contributed by atoms with E-state index >= 15 is 0 Å². The van der Waals surface area contributed by atoms with E-state index in [1.54, 1.807) is 0 Å². The van der Waals surface area contributed by atoms with Crippen LogP contribution in [0.4, 0.5) is 0 Å². The first kappa shape index (κ1) is 9.21.